The van der Waals surface area contributed by atoms with Crippen molar-refractivity contribution in [1.82, 2.24) is 14.9 Å². The van der Waals surface area contributed by atoms with Crippen molar-refractivity contribution in [2.24, 2.45) is 0 Å². The highest BCUT2D eigenvalue weighted by molar-refractivity contribution is 5.40. The van der Waals surface area contributed by atoms with E-state index in [0.29, 0.717) is 0 Å². The van der Waals surface area contributed by atoms with Crippen LogP contribution in [0.1, 0.15) is 50.5 Å². The molecule has 0 aromatic carbocycles. The normalized spacial score (nSPS) is 21.7. The SMILES string of the molecule is CCc1cc(N2CCN(C3CCCCC3)CC2)nc(C)n1. The Morgan fingerprint density at radius 2 is 1.76 bits per heavy atom. The van der Waals surface area contributed by atoms with Crippen LogP contribution in [-0.4, -0.2) is 47.1 Å². The zero-order chi connectivity index (χ0) is 14.7. The lowest BCUT2D eigenvalue weighted by Crippen LogP contribution is -2.51. The minimum atomic E-state index is 0.847. The van der Waals surface area contributed by atoms with Crippen LogP contribution in [0.5, 0.6) is 0 Å². The zero-order valence-corrected chi connectivity index (χ0v) is 13.5. The molecule has 116 valence electrons. The Bertz CT molecular complexity index is 460. The molecule has 0 spiro atoms. The summed E-state index contributed by atoms with van der Waals surface area (Å²) in [6.45, 7) is 8.75. The summed E-state index contributed by atoms with van der Waals surface area (Å²) in [6, 6.07) is 3.02. The van der Waals surface area contributed by atoms with E-state index in [4.69, 9.17) is 0 Å². The van der Waals surface area contributed by atoms with E-state index in [-0.39, 0.29) is 0 Å². The monoisotopic (exact) mass is 288 g/mol. The van der Waals surface area contributed by atoms with Crippen LogP contribution in [-0.2, 0) is 6.42 Å². The van der Waals surface area contributed by atoms with Gasteiger partial charge in [-0.05, 0) is 26.2 Å². The lowest BCUT2D eigenvalue weighted by molar-refractivity contribution is 0.147. The molecular weight excluding hydrogens is 260 g/mol. The molecule has 0 amide bonds. The van der Waals surface area contributed by atoms with Gasteiger partial charge in [0.05, 0.1) is 0 Å². The highest BCUT2D eigenvalue weighted by atomic mass is 15.3. The van der Waals surface area contributed by atoms with E-state index in [1.807, 2.05) is 6.92 Å². The molecule has 0 radical (unpaired) electrons. The van der Waals surface area contributed by atoms with E-state index in [0.717, 1.165) is 42.9 Å². The van der Waals surface area contributed by atoms with Crippen LogP contribution >= 0.6 is 0 Å². The number of nitrogens with zero attached hydrogens (tertiary/aromatic N) is 4. The van der Waals surface area contributed by atoms with Gasteiger partial charge in [0.15, 0.2) is 0 Å². The van der Waals surface area contributed by atoms with Crippen molar-refractivity contribution in [2.45, 2.75) is 58.4 Å². The van der Waals surface area contributed by atoms with Gasteiger partial charge >= 0.3 is 0 Å². The molecule has 3 rings (SSSR count). The Morgan fingerprint density at radius 3 is 2.43 bits per heavy atom. The fourth-order valence-corrected chi connectivity index (χ4v) is 3.72. The van der Waals surface area contributed by atoms with Crippen molar-refractivity contribution >= 4 is 5.82 Å². The number of aromatic nitrogens is 2. The molecule has 1 saturated carbocycles. The average Bonchev–Trinajstić information content (AvgIpc) is 2.55. The van der Waals surface area contributed by atoms with Gasteiger partial charge in [0.25, 0.3) is 0 Å². The van der Waals surface area contributed by atoms with Gasteiger partial charge in [-0.15, -0.1) is 0 Å². The van der Waals surface area contributed by atoms with Gasteiger partial charge in [-0.2, -0.15) is 0 Å². The van der Waals surface area contributed by atoms with Gasteiger partial charge < -0.3 is 4.90 Å². The quantitative estimate of drug-likeness (QED) is 0.856. The van der Waals surface area contributed by atoms with Crippen molar-refractivity contribution in [3.05, 3.63) is 17.6 Å². The number of hydrogen-bond donors (Lipinski definition) is 0. The van der Waals surface area contributed by atoms with Crippen LogP contribution in [0.4, 0.5) is 5.82 Å². The molecule has 1 aliphatic carbocycles. The van der Waals surface area contributed by atoms with Crippen LogP contribution < -0.4 is 4.90 Å². The fraction of sp³-hybridized carbons (Fsp3) is 0.765. The minimum absolute atomic E-state index is 0.847. The van der Waals surface area contributed by atoms with Gasteiger partial charge in [-0.3, -0.25) is 4.90 Å². The van der Waals surface area contributed by atoms with Gasteiger partial charge in [0.2, 0.25) is 0 Å². The molecule has 2 heterocycles. The topological polar surface area (TPSA) is 32.3 Å². The number of rotatable bonds is 3. The molecular formula is C17H28N4. The summed E-state index contributed by atoms with van der Waals surface area (Å²) in [7, 11) is 0. The van der Waals surface area contributed by atoms with Gasteiger partial charge in [0.1, 0.15) is 11.6 Å². The second-order valence-electron chi connectivity index (χ2n) is 6.43. The minimum Gasteiger partial charge on any atom is -0.354 e. The van der Waals surface area contributed by atoms with E-state index in [9.17, 15) is 0 Å². The number of anilines is 1. The molecule has 4 nitrogen and oxygen atoms in total. The van der Waals surface area contributed by atoms with Crippen molar-refractivity contribution in [2.75, 3.05) is 31.1 Å². The molecule has 0 N–H and O–H groups in total. The Balaban J connectivity index is 1.61. The molecule has 0 unspecified atom stereocenters. The number of aryl methyl sites for hydroxylation is 2. The Hall–Kier alpha value is -1.16. The van der Waals surface area contributed by atoms with E-state index in [1.54, 1.807) is 0 Å². The van der Waals surface area contributed by atoms with Crippen molar-refractivity contribution < 1.29 is 0 Å². The van der Waals surface area contributed by atoms with Gasteiger partial charge in [-0.1, -0.05) is 26.2 Å². The largest absolute Gasteiger partial charge is 0.354 e. The predicted molar refractivity (Wildman–Crippen MR) is 86.8 cm³/mol. The molecule has 4 heteroatoms. The van der Waals surface area contributed by atoms with Crippen LogP contribution in [0.3, 0.4) is 0 Å². The second-order valence-corrected chi connectivity index (χ2v) is 6.43. The van der Waals surface area contributed by atoms with Gasteiger partial charge in [0, 0.05) is 44.0 Å². The molecule has 0 bridgehead atoms. The molecule has 21 heavy (non-hydrogen) atoms. The summed E-state index contributed by atoms with van der Waals surface area (Å²) in [6.07, 6.45) is 8.10. The third kappa shape index (κ3) is 3.54. The van der Waals surface area contributed by atoms with Crippen molar-refractivity contribution in [3.8, 4) is 0 Å². The van der Waals surface area contributed by atoms with E-state index < -0.39 is 0 Å². The lowest BCUT2D eigenvalue weighted by atomic mass is 9.94. The van der Waals surface area contributed by atoms with Crippen molar-refractivity contribution in [3.63, 3.8) is 0 Å². The number of hydrogen-bond acceptors (Lipinski definition) is 4. The first-order chi connectivity index (χ1) is 10.3. The summed E-state index contributed by atoms with van der Waals surface area (Å²) < 4.78 is 0. The summed E-state index contributed by atoms with van der Waals surface area (Å²) in [5, 5.41) is 0. The maximum absolute atomic E-state index is 4.64. The third-order valence-corrected chi connectivity index (χ3v) is 4.97. The standard InChI is InChI=1S/C17H28N4/c1-3-15-13-17(19-14(2)18-15)21-11-9-20(10-12-21)16-7-5-4-6-8-16/h13,16H,3-12H2,1-2H3. The molecule has 1 aliphatic heterocycles. The molecule has 1 saturated heterocycles. The molecule has 2 aliphatic rings. The van der Waals surface area contributed by atoms with Crippen LogP contribution in [0.25, 0.3) is 0 Å². The zero-order valence-electron chi connectivity index (χ0n) is 13.5. The summed E-state index contributed by atoms with van der Waals surface area (Å²) in [4.78, 5) is 14.3. The summed E-state index contributed by atoms with van der Waals surface area (Å²) in [5.74, 6) is 2.03. The second kappa shape index (κ2) is 6.73. The Kier molecular flexibility index (Phi) is 4.73. The van der Waals surface area contributed by atoms with Gasteiger partial charge in [-0.25, -0.2) is 9.97 Å². The molecule has 2 fully saturated rings. The first-order valence-corrected chi connectivity index (χ1v) is 8.60. The first kappa shape index (κ1) is 14.8. The van der Waals surface area contributed by atoms with Crippen molar-refractivity contribution in [1.29, 1.82) is 0 Å². The third-order valence-electron chi connectivity index (χ3n) is 4.97. The lowest BCUT2D eigenvalue weighted by Gasteiger charge is -2.41. The molecule has 0 atom stereocenters. The highest BCUT2D eigenvalue weighted by Crippen LogP contribution is 2.24. The maximum Gasteiger partial charge on any atom is 0.132 e. The van der Waals surface area contributed by atoms with Crippen LogP contribution in [0, 0.1) is 6.92 Å². The van der Waals surface area contributed by atoms with E-state index in [2.05, 4.69) is 32.8 Å². The summed E-state index contributed by atoms with van der Waals surface area (Å²) >= 11 is 0. The Morgan fingerprint density at radius 1 is 1.05 bits per heavy atom. The summed E-state index contributed by atoms with van der Waals surface area (Å²) in [5.41, 5.74) is 1.16. The number of piperazine rings is 1. The fourth-order valence-electron chi connectivity index (χ4n) is 3.72. The predicted octanol–water partition coefficient (Wildman–Crippen LogP) is 2.80. The molecule has 1 aromatic heterocycles. The molecule has 1 aromatic rings. The van der Waals surface area contributed by atoms with Crippen LogP contribution in [0.15, 0.2) is 6.07 Å². The van der Waals surface area contributed by atoms with Crippen LogP contribution in [0.2, 0.25) is 0 Å². The Labute approximate surface area is 128 Å². The first-order valence-electron chi connectivity index (χ1n) is 8.60. The smallest absolute Gasteiger partial charge is 0.132 e. The highest BCUT2D eigenvalue weighted by Gasteiger charge is 2.25. The van der Waals surface area contributed by atoms with E-state index in [1.165, 1.54) is 45.2 Å². The van der Waals surface area contributed by atoms with E-state index >= 15 is 0 Å². The maximum atomic E-state index is 4.64. The average molecular weight is 288 g/mol.